The van der Waals surface area contributed by atoms with Gasteiger partial charge in [-0.25, -0.2) is 9.59 Å². The predicted molar refractivity (Wildman–Crippen MR) is 295 cm³/mol. The molecule has 2 heterocycles. The first kappa shape index (κ1) is 58.5. The topological polar surface area (TPSA) is 192 Å². The normalized spacial score (nSPS) is 13.6. The molecule has 6 rings (SSSR count). The standard InChI is InChI=1S/C28H37N3O3.C22H31BrN2O3.C6H8BNO2/c1-6-30(7-2)26(32)22-13-11-20(12-14-22)25(23-9-8-10-24(29)19-23)21-15-17-31(18-16-21)27(33)34-28(3,4)5;1-6-24(7-2)20(26)18-10-8-16(9-11-18)19(23)17-12-14-25(15-13-17)21(27)28-22(3,4)5;8-6-3-1-2-5(4-6)7(9)10/h8-14,19H,6-7,15-18,29H2,1-5H3;8-11H,6-7,12-15H2,1-5H3;1-4,9-10H,8H2. The first-order valence-corrected chi connectivity index (χ1v) is 25.7. The molecule has 0 radical (unpaired) electrons. The van der Waals surface area contributed by atoms with Crippen LogP contribution in [0.25, 0.3) is 10.1 Å². The molecule has 0 saturated carbocycles. The van der Waals surface area contributed by atoms with Gasteiger partial charge >= 0.3 is 19.3 Å². The van der Waals surface area contributed by atoms with Gasteiger partial charge in [0.1, 0.15) is 11.2 Å². The van der Waals surface area contributed by atoms with Crippen LogP contribution in [-0.2, 0) is 9.47 Å². The van der Waals surface area contributed by atoms with Crippen LogP contribution < -0.4 is 16.9 Å². The minimum Gasteiger partial charge on any atom is -0.444 e. The highest BCUT2D eigenvalue weighted by Crippen LogP contribution is 2.35. The van der Waals surface area contributed by atoms with E-state index in [1.807, 2.05) is 146 Å². The lowest BCUT2D eigenvalue weighted by atomic mass is 9.80. The van der Waals surface area contributed by atoms with Crippen molar-refractivity contribution in [2.45, 2.75) is 106 Å². The Morgan fingerprint density at radius 3 is 1.29 bits per heavy atom. The van der Waals surface area contributed by atoms with Crippen molar-refractivity contribution in [3.05, 3.63) is 136 Å². The van der Waals surface area contributed by atoms with Gasteiger partial charge in [-0.3, -0.25) is 9.59 Å². The Kier molecular flexibility index (Phi) is 22.0. The highest BCUT2D eigenvalue weighted by Gasteiger charge is 2.28. The van der Waals surface area contributed by atoms with Gasteiger partial charge in [-0.05, 0) is 171 Å². The molecule has 0 spiro atoms. The van der Waals surface area contributed by atoms with Crippen LogP contribution in [0.5, 0.6) is 0 Å². The summed E-state index contributed by atoms with van der Waals surface area (Å²) in [6.45, 7) is 24.5. The number of halogens is 1. The van der Waals surface area contributed by atoms with E-state index in [4.69, 9.17) is 31.0 Å². The molecule has 388 valence electrons. The van der Waals surface area contributed by atoms with Crippen LogP contribution in [0.3, 0.4) is 0 Å². The Morgan fingerprint density at radius 1 is 0.556 bits per heavy atom. The maximum Gasteiger partial charge on any atom is 0.488 e. The van der Waals surface area contributed by atoms with E-state index in [0.717, 1.165) is 52.4 Å². The average molecular weight is 1050 g/mol. The molecule has 72 heavy (non-hydrogen) atoms. The second kappa shape index (κ2) is 27.1. The molecule has 2 fully saturated rings. The molecule has 6 N–H and O–H groups in total. The molecule has 4 aromatic rings. The number of nitrogen functional groups attached to an aromatic ring is 2. The van der Waals surface area contributed by atoms with Crippen LogP contribution >= 0.6 is 15.9 Å². The summed E-state index contributed by atoms with van der Waals surface area (Å²) >= 11 is 3.72. The van der Waals surface area contributed by atoms with Crippen molar-refractivity contribution in [2.75, 3.05) is 63.8 Å². The van der Waals surface area contributed by atoms with Crippen molar-refractivity contribution < 1.29 is 38.7 Å². The maximum absolute atomic E-state index is 12.8. The zero-order chi connectivity index (χ0) is 53.3. The summed E-state index contributed by atoms with van der Waals surface area (Å²) in [6, 6.07) is 29.9. The van der Waals surface area contributed by atoms with Crippen molar-refractivity contribution in [3.8, 4) is 0 Å². The molecule has 0 atom stereocenters. The molecule has 16 heteroatoms. The monoisotopic (exact) mass is 1050 g/mol. The molecule has 0 unspecified atom stereocenters. The van der Waals surface area contributed by atoms with Gasteiger partial charge in [-0.2, -0.15) is 0 Å². The number of nitrogens with zero attached hydrogens (tertiary/aromatic N) is 4. The largest absolute Gasteiger partial charge is 0.488 e. The summed E-state index contributed by atoms with van der Waals surface area (Å²) < 4.78 is 12.1. The fourth-order valence-corrected chi connectivity index (χ4v) is 8.82. The van der Waals surface area contributed by atoms with E-state index in [2.05, 4.69) is 22.0 Å². The number of amides is 4. The zero-order valence-electron chi connectivity index (χ0n) is 44.0. The van der Waals surface area contributed by atoms with E-state index in [1.54, 1.807) is 28.0 Å². The molecule has 2 saturated heterocycles. The summed E-state index contributed by atoms with van der Waals surface area (Å²) in [5.74, 6) is 0.103. The number of nitrogens with two attached hydrogens (primary N) is 2. The van der Waals surface area contributed by atoms with Gasteiger partial charge in [-0.15, -0.1) is 0 Å². The van der Waals surface area contributed by atoms with Gasteiger partial charge in [0.15, 0.2) is 0 Å². The highest BCUT2D eigenvalue weighted by molar-refractivity contribution is 9.15. The van der Waals surface area contributed by atoms with E-state index in [-0.39, 0.29) is 24.0 Å². The van der Waals surface area contributed by atoms with Crippen LogP contribution in [0.4, 0.5) is 21.0 Å². The van der Waals surface area contributed by atoms with Gasteiger partial charge in [0.2, 0.25) is 0 Å². The molecule has 4 aromatic carbocycles. The summed E-state index contributed by atoms with van der Waals surface area (Å²) in [6.07, 6.45) is 2.60. The number of carbonyl (C=O) groups is 4. The van der Waals surface area contributed by atoms with Crippen molar-refractivity contribution in [1.29, 1.82) is 0 Å². The Morgan fingerprint density at radius 2 is 0.931 bits per heavy atom. The quantitative estimate of drug-likeness (QED) is 0.0878. The third-order valence-electron chi connectivity index (χ3n) is 12.0. The summed E-state index contributed by atoms with van der Waals surface area (Å²) in [7, 11) is -1.43. The molecule has 2 aliphatic heterocycles. The Balaban J connectivity index is 0.000000265. The van der Waals surface area contributed by atoms with Crippen molar-refractivity contribution >= 4 is 73.9 Å². The molecular formula is C56H76BBrN6O8. The second-order valence-electron chi connectivity index (χ2n) is 19.6. The number of likely N-dealkylation sites (tertiary alicyclic amines) is 2. The van der Waals surface area contributed by atoms with Crippen LogP contribution in [0, 0.1) is 0 Å². The number of anilines is 2. The minimum absolute atomic E-state index is 0.0420. The maximum atomic E-state index is 12.8. The van der Waals surface area contributed by atoms with Crippen LogP contribution in [0.1, 0.15) is 132 Å². The van der Waals surface area contributed by atoms with Crippen LogP contribution in [0.15, 0.2) is 108 Å². The number of hydrogen-bond donors (Lipinski definition) is 4. The number of benzene rings is 4. The fourth-order valence-electron chi connectivity index (χ4n) is 8.16. The summed E-state index contributed by atoms with van der Waals surface area (Å²) in [5, 5.41) is 17.3. The van der Waals surface area contributed by atoms with E-state index in [1.165, 1.54) is 17.2 Å². The van der Waals surface area contributed by atoms with Gasteiger partial charge in [0, 0.05) is 79.3 Å². The van der Waals surface area contributed by atoms with Crippen molar-refractivity contribution in [1.82, 2.24) is 19.6 Å². The molecule has 0 bridgehead atoms. The number of carbonyl (C=O) groups excluding carboxylic acids is 4. The number of piperidine rings is 2. The lowest BCUT2D eigenvalue weighted by Crippen LogP contribution is -2.40. The van der Waals surface area contributed by atoms with Gasteiger partial charge in [0.25, 0.3) is 11.8 Å². The van der Waals surface area contributed by atoms with E-state index in [9.17, 15) is 19.2 Å². The molecule has 0 aromatic heterocycles. The minimum atomic E-state index is -1.43. The summed E-state index contributed by atoms with van der Waals surface area (Å²) in [4.78, 5) is 57.1. The van der Waals surface area contributed by atoms with Gasteiger partial charge in [-0.1, -0.05) is 75.6 Å². The van der Waals surface area contributed by atoms with Crippen LogP contribution in [0.2, 0.25) is 0 Å². The molecule has 4 amide bonds. The number of hydrogen-bond acceptors (Lipinski definition) is 10. The Hall–Kier alpha value is -6.10. The molecule has 0 aliphatic carbocycles. The highest BCUT2D eigenvalue weighted by atomic mass is 79.9. The predicted octanol–water partition coefficient (Wildman–Crippen LogP) is 9.84. The Labute approximate surface area is 436 Å². The lowest BCUT2D eigenvalue weighted by molar-refractivity contribution is 0.0226. The first-order valence-electron chi connectivity index (χ1n) is 24.9. The van der Waals surface area contributed by atoms with Crippen molar-refractivity contribution in [3.63, 3.8) is 0 Å². The molecule has 14 nitrogen and oxygen atoms in total. The molecule has 2 aliphatic rings. The SMILES string of the molecule is CCN(CC)C(=O)c1ccc(C(=C2CCN(C(=O)OC(C)(C)C)CC2)c2cccc(N)c2)cc1.CCN(CC)C(=O)c1ccc(C(Br)=C2CCN(C(=O)OC(C)(C)C)CC2)cc1.Nc1cccc(B(O)O)c1. The zero-order valence-corrected chi connectivity index (χ0v) is 45.6. The first-order chi connectivity index (χ1) is 34.0. The van der Waals surface area contributed by atoms with E-state index >= 15 is 0 Å². The Bertz CT molecular complexity index is 2490. The van der Waals surface area contributed by atoms with Crippen molar-refractivity contribution in [2.24, 2.45) is 0 Å². The van der Waals surface area contributed by atoms with E-state index < -0.39 is 18.3 Å². The number of rotatable bonds is 10. The van der Waals surface area contributed by atoms with E-state index in [0.29, 0.717) is 80.3 Å². The number of ether oxygens (including phenoxy) is 2. The third kappa shape index (κ3) is 17.6. The fraction of sp³-hybridized carbons (Fsp3) is 0.429. The van der Waals surface area contributed by atoms with Gasteiger partial charge < -0.3 is 50.6 Å². The van der Waals surface area contributed by atoms with Crippen LogP contribution in [-0.4, -0.2) is 124 Å². The second-order valence-corrected chi connectivity index (χ2v) is 20.4. The third-order valence-corrected chi connectivity index (χ3v) is 13.0. The average Bonchev–Trinajstić information content (AvgIpc) is 3.34. The lowest BCUT2D eigenvalue weighted by Gasteiger charge is -2.32. The smallest absolute Gasteiger partial charge is 0.444 e. The molecular weight excluding hydrogens is 975 g/mol. The summed E-state index contributed by atoms with van der Waals surface area (Å²) in [5.41, 5.74) is 20.4. The van der Waals surface area contributed by atoms with Gasteiger partial charge in [0.05, 0.1) is 0 Å².